The molecule has 0 bridgehead atoms. The van der Waals surface area contributed by atoms with Gasteiger partial charge in [-0.25, -0.2) is 4.39 Å². The lowest BCUT2D eigenvalue weighted by molar-refractivity contribution is 0.1000. The number of nitrogens with two attached hydrogens (primary N) is 1. The summed E-state index contributed by atoms with van der Waals surface area (Å²) in [7, 11) is 0. The summed E-state index contributed by atoms with van der Waals surface area (Å²) < 4.78 is 19.2. The minimum absolute atomic E-state index is 0.274. The molecule has 0 saturated carbocycles. The number of carbonyl (C=O) groups excluding carboxylic acids is 1. The van der Waals surface area contributed by atoms with Gasteiger partial charge in [-0.05, 0) is 58.5 Å². The lowest BCUT2D eigenvalue weighted by atomic mass is 10.2. The van der Waals surface area contributed by atoms with E-state index in [1.165, 1.54) is 12.1 Å². The molecule has 0 aliphatic heterocycles. The third kappa shape index (κ3) is 3.66. The minimum Gasteiger partial charge on any atom is -0.488 e. The Hall–Kier alpha value is -1.63. The molecule has 2 rings (SSSR count). The number of hydrogen-bond acceptors (Lipinski definition) is 2. The van der Waals surface area contributed by atoms with Gasteiger partial charge in [0.15, 0.2) is 0 Å². The SMILES string of the molecule is NC(=O)c1ccc(OCc2ccc(F)cc2)c(I)c1. The number of hydrogen-bond donors (Lipinski definition) is 1. The van der Waals surface area contributed by atoms with E-state index >= 15 is 0 Å². The predicted octanol–water partition coefficient (Wildman–Crippen LogP) is 3.11. The molecule has 2 aromatic rings. The van der Waals surface area contributed by atoms with E-state index in [9.17, 15) is 9.18 Å². The molecule has 0 radical (unpaired) electrons. The Labute approximate surface area is 123 Å². The van der Waals surface area contributed by atoms with E-state index < -0.39 is 5.91 Å². The summed E-state index contributed by atoms with van der Waals surface area (Å²) in [6, 6.07) is 11.1. The average molecular weight is 371 g/mol. The van der Waals surface area contributed by atoms with E-state index in [2.05, 4.69) is 22.6 Å². The average Bonchev–Trinajstić information content (AvgIpc) is 2.39. The molecule has 0 spiro atoms. The van der Waals surface area contributed by atoms with Crippen LogP contribution in [0.4, 0.5) is 4.39 Å². The highest BCUT2D eigenvalue weighted by Gasteiger charge is 2.06. The Bertz CT molecular complexity index is 599. The van der Waals surface area contributed by atoms with Gasteiger partial charge in [0.05, 0.1) is 3.57 Å². The number of primary amides is 1. The van der Waals surface area contributed by atoms with Gasteiger partial charge in [-0.1, -0.05) is 12.1 Å². The summed E-state index contributed by atoms with van der Waals surface area (Å²) in [5.74, 6) is -0.0814. The zero-order valence-electron chi connectivity index (χ0n) is 9.90. The zero-order chi connectivity index (χ0) is 13.8. The third-order valence-corrected chi connectivity index (χ3v) is 3.37. The van der Waals surface area contributed by atoms with Crippen LogP contribution < -0.4 is 10.5 Å². The fourth-order valence-corrected chi connectivity index (χ4v) is 2.18. The second-order valence-electron chi connectivity index (χ2n) is 3.92. The van der Waals surface area contributed by atoms with E-state index in [1.807, 2.05) is 0 Å². The van der Waals surface area contributed by atoms with Crippen LogP contribution in [0.25, 0.3) is 0 Å². The maximum absolute atomic E-state index is 12.7. The minimum atomic E-state index is -0.469. The first-order valence-electron chi connectivity index (χ1n) is 5.53. The van der Waals surface area contributed by atoms with Crippen molar-refractivity contribution in [1.29, 1.82) is 0 Å². The van der Waals surface area contributed by atoms with E-state index in [1.54, 1.807) is 30.3 Å². The van der Waals surface area contributed by atoms with Gasteiger partial charge in [0, 0.05) is 5.56 Å². The Kier molecular flexibility index (Phi) is 4.36. The highest BCUT2D eigenvalue weighted by atomic mass is 127. The number of halogens is 2. The van der Waals surface area contributed by atoms with Gasteiger partial charge in [0.2, 0.25) is 5.91 Å². The van der Waals surface area contributed by atoms with Gasteiger partial charge in [0.25, 0.3) is 0 Å². The van der Waals surface area contributed by atoms with Crippen molar-refractivity contribution in [3.05, 3.63) is 63.0 Å². The summed E-state index contributed by atoms with van der Waals surface area (Å²) in [5.41, 5.74) is 6.51. The van der Waals surface area contributed by atoms with Crippen molar-refractivity contribution >= 4 is 28.5 Å². The Morgan fingerprint density at radius 1 is 1.21 bits per heavy atom. The highest BCUT2D eigenvalue weighted by Crippen LogP contribution is 2.23. The van der Waals surface area contributed by atoms with Crippen molar-refractivity contribution in [1.82, 2.24) is 0 Å². The third-order valence-electron chi connectivity index (χ3n) is 2.52. The summed E-state index contributed by atoms with van der Waals surface area (Å²) in [5, 5.41) is 0. The van der Waals surface area contributed by atoms with Crippen LogP contribution >= 0.6 is 22.6 Å². The molecule has 5 heteroatoms. The number of ether oxygens (including phenoxy) is 1. The fraction of sp³-hybridized carbons (Fsp3) is 0.0714. The molecule has 0 fully saturated rings. The zero-order valence-corrected chi connectivity index (χ0v) is 12.1. The topological polar surface area (TPSA) is 52.3 Å². The Balaban J connectivity index is 2.07. The Morgan fingerprint density at radius 2 is 1.89 bits per heavy atom. The predicted molar refractivity (Wildman–Crippen MR) is 78.4 cm³/mol. The van der Waals surface area contributed by atoms with Crippen molar-refractivity contribution in [2.75, 3.05) is 0 Å². The second-order valence-corrected chi connectivity index (χ2v) is 5.09. The molecule has 0 heterocycles. The van der Waals surface area contributed by atoms with Crippen LogP contribution in [0.15, 0.2) is 42.5 Å². The lowest BCUT2D eigenvalue weighted by Gasteiger charge is -2.09. The quantitative estimate of drug-likeness (QED) is 0.840. The molecule has 0 saturated heterocycles. The summed E-state index contributed by atoms with van der Waals surface area (Å²) in [4.78, 5) is 11.0. The molecule has 2 aromatic carbocycles. The largest absolute Gasteiger partial charge is 0.488 e. The van der Waals surface area contributed by atoms with Crippen LogP contribution in [-0.4, -0.2) is 5.91 Å². The van der Waals surface area contributed by atoms with Crippen LogP contribution in [0.5, 0.6) is 5.75 Å². The molecular weight excluding hydrogens is 360 g/mol. The van der Waals surface area contributed by atoms with Crippen LogP contribution in [0.1, 0.15) is 15.9 Å². The van der Waals surface area contributed by atoms with Crippen molar-refractivity contribution in [2.45, 2.75) is 6.61 Å². The standard InChI is InChI=1S/C14H11FINO2/c15-11-4-1-9(2-5-11)8-19-13-6-3-10(14(17)18)7-12(13)16/h1-7H,8H2,(H2,17,18). The molecular formula is C14H11FINO2. The van der Waals surface area contributed by atoms with Crippen molar-refractivity contribution < 1.29 is 13.9 Å². The van der Waals surface area contributed by atoms with Gasteiger partial charge in [0.1, 0.15) is 18.2 Å². The molecule has 2 N–H and O–H groups in total. The molecule has 0 aliphatic rings. The van der Waals surface area contributed by atoms with Gasteiger partial charge in [-0.2, -0.15) is 0 Å². The number of benzene rings is 2. The second kappa shape index (κ2) is 6.01. The van der Waals surface area contributed by atoms with Crippen LogP contribution in [0.2, 0.25) is 0 Å². The highest BCUT2D eigenvalue weighted by molar-refractivity contribution is 14.1. The normalized spacial score (nSPS) is 10.2. The molecule has 1 amide bonds. The smallest absolute Gasteiger partial charge is 0.248 e. The summed E-state index contributed by atoms with van der Waals surface area (Å²) in [6.45, 7) is 0.339. The molecule has 3 nitrogen and oxygen atoms in total. The molecule has 0 unspecified atom stereocenters. The van der Waals surface area contributed by atoms with Crippen LogP contribution in [0, 0.1) is 9.39 Å². The molecule has 0 aromatic heterocycles. The first-order chi connectivity index (χ1) is 9.06. The first kappa shape index (κ1) is 13.8. The molecule has 19 heavy (non-hydrogen) atoms. The maximum atomic E-state index is 12.7. The van der Waals surface area contributed by atoms with E-state index in [-0.39, 0.29) is 5.82 Å². The van der Waals surface area contributed by atoms with Crippen LogP contribution in [0.3, 0.4) is 0 Å². The van der Waals surface area contributed by atoms with Crippen molar-refractivity contribution in [3.63, 3.8) is 0 Å². The molecule has 98 valence electrons. The van der Waals surface area contributed by atoms with E-state index in [0.717, 1.165) is 9.13 Å². The van der Waals surface area contributed by atoms with Gasteiger partial charge < -0.3 is 10.5 Å². The molecule has 0 aliphatic carbocycles. The monoisotopic (exact) mass is 371 g/mol. The van der Waals surface area contributed by atoms with Crippen molar-refractivity contribution in [2.24, 2.45) is 5.73 Å². The lowest BCUT2D eigenvalue weighted by Crippen LogP contribution is -2.11. The van der Waals surface area contributed by atoms with Gasteiger partial charge in [-0.3, -0.25) is 4.79 Å². The van der Waals surface area contributed by atoms with E-state index in [4.69, 9.17) is 10.5 Å². The number of amides is 1. The fourth-order valence-electron chi connectivity index (χ4n) is 1.51. The summed E-state index contributed by atoms with van der Waals surface area (Å²) >= 11 is 2.07. The summed E-state index contributed by atoms with van der Waals surface area (Å²) in [6.07, 6.45) is 0. The maximum Gasteiger partial charge on any atom is 0.248 e. The van der Waals surface area contributed by atoms with Gasteiger partial charge in [-0.15, -0.1) is 0 Å². The number of rotatable bonds is 4. The number of carbonyl (C=O) groups is 1. The first-order valence-corrected chi connectivity index (χ1v) is 6.61. The Morgan fingerprint density at radius 3 is 2.47 bits per heavy atom. The van der Waals surface area contributed by atoms with Gasteiger partial charge >= 0.3 is 0 Å². The van der Waals surface area contributed by atoms with E-state index in [0.29, 0.717) is 17.9 Å². The van der Waals surface area contributed by atoms with Crippen molar-refractivity contribution in [3.8, 4) is 5.75 Å². The van der Waals surface area contributed by atoms with Crippen LogP contribution in [-0.2, 0) is 6.61 Å². The molecule has 0 atom stereocenters.